The Morgan fingerprint density at radius 2 is 1.79 bits per heavy atom. The Morgan fingerprint density at radius 3 is 2.43 bits per heavy atom. The van der Waals surface area contributed by atoms with Gasteiger partial charge in [0.15, 0.2) is 4.90 Å². The molecule has 0 bridgehead atoms. The van der Waals surface area contributed by atoms with Crippen molar-refractivity contribution in [3.05, 3.63) is 67.8 Å². The molecule has 2 aromatic carbocycles. The smallest absolute Gasteiger partial charge is 0.355 e. The standard InChI is InChI=1S/C19H14Cl2O6S/c1-25-13-8-16(26-2)14-10-18(19(22)27-17(14)9-13)28(23,24)6-5-11-3-4-12(20)7-15(11)21/h3-10H,1-2H3. The summed E-state index contributed by atoms with van der Waals surface area (Å²) in [5.41, 5.74) is -0.429. The number of ether oxygens (including phenoxy) is 2. The Morgan fingerprint density at radius 1 is 1.04 bits per heavy atom. The molecule has 0 amide bonds. The summed E-state index contributed by atoms with van der Waals surface area (Å²) in [5.74, 6) is 0.708. The molecule has 0 saturated heterocycles. The molecule has 0 unspecified atom stereocenters. The van der Waals surface area contributed by atoms with Crippen molar-refractivity contribution in [1.82, 2.24) is 0 Å². The number of rotatable bonds is 5. The average molecular weight is 441 g/mol. The van der Waals surface area contributed by atoms with Crippen LogP contribution in [0.4, 0.5) is 0 Å². The highest BCUT2D eigenvalue weighted by molar-refractivity contribution is 7.94. The van der Waals surface area contributed by atoms with E-state index < -0.39 is 20.4 Å². The van der Waals surface area contributed by atoms with E-state index in [1.54, 1.807) is 18.2 Å². The summed E-state index contributed by atoms with van der Waals surface area (Å²) in [7, 11) is -1.25. The molecule has 3 aromatic rings. The van der Waals surface area contributed by atoms with Gasteiger partial charge >= 0.3 is 5.63 Å². The Balaban J connectivity index is 2.12. The van der Waals surface area contributed by atoms with E-state index in [4.69, 9.17) is 37.1 Å². The first kappa shape index (κ1) is 20.3. The van der Waals surface area contributed by atoms with E-state index in [9.17, 15) is 13.2 Å². The second-order valence-corrected chi connectivity index (χ2v) is 8.30. The van der Waals surface area contributed by atoms with Crippen molar-refractivity contribution < 1.29 is 22.3 Å². The maximum atomic E-state index is 12.7. The number of benzene rings is 2. The number of sulfone groups is 1. The van der Waals surface area contributed by atoms with Gasteiger partial charge < -0.3 is 13.9 Å². The third kappa shape index (κ3) is 4.01. The van der Waals surface area contributed by atoms with Crippen LogP contribution in [0, 0.1) is 0 Å². The van der Waals surface area contributed by atoms with Crippen LogP contribution in [0.1, 0.15) is 5.56 Å². The monoisotopic (exact) mass is 440 g/mol. The Bertz CT molecular complexity index is 1250. The van der Waals surface area contributed by atoms with E-state index in [0.29, 0.717) is 27.5 Å². The summed E-state index contributed by atoms with van der Waals surface area (Å²) in [6.45, 7) is 0. The van der Waals surface area contributed by atoms with Crippen LogP contribution in [0.5, 0.6) is 11.5 Å². The highest BCUT2D eigenvalue weighted by Crippen LogP contribution is 2.32. The zero-order valence-electron chi connectivity index (χ0n) is 14.7. The van der Waals surface area contributed by atoms with E-state index in [0.717, 1.165) is 5.41 Å². The first-order valence-corrected chi connectivity index (χ1v) is 10.1. The van der Waals surface area contributed by atoms with Gasteiger partial charge in [0.05, 0.1) is 19.6 Å². The number of fused-ring (bicyclic) bond motifs is 1. The summed E-state index contributed by atoms with van der Waals surface area (Å²) in [6, 6.07) is 8.86. The highest BCUT2D eigenvalue weighted by Gasteiger charge is 2.20. The minimum Gasteiger partial charge on any atom is -0.496 e. The summed E-state index contributed by atoms with van der Waals surface area (Å²) >= 11 is 11.9. The number of hydrogen-bond donors (Lipinski definition) is 0. The third-order valence-electron chi connectivity index (χ3n) is 3.91. The molecule has 146 valence electrons. The molecule has 0 spiro atoms. The largest absolute Gasteiger partial charge is 0.496 e. The van der Waals surface area contributed by atoms with Gasteiger partial charge in [-0.3, -0.25) is 0 Å². The van der Waals surface area contributed by atoms with Gasteiger partial charge in [0, 0.05) is 27.6 Å². The van der Waals surface area contributed by atoms with Crippen molar-refractivity contribution in [2.24, 2.45) is 0 Å². The van der Waals surface area contributed by atoms with E-state index in [-0.39, 0.29) is 10.6 Å². The van der Waals surface area contributed by atoms with Gasteiger partial charge in [-0.1, -0.05) is 29.3 Å². The van der Waals surface area contributed by atoms with Crippen LogP contribution in [0.25, 0.3) is 17.0 Å². The quantitative estimate of drug-likeness (QED) is 0.540. The van der Waals surface area contributed by atoms with Crippen molar-refractivity contribution in [3.8, 4) is 11.5 Å². The number of halogens is 2. The summed E-state index contributed by atoms with van der Waals surface area (Å²) in [5, 5.41) is 1.90. The molecule has 0 aliphatic carbocycles. The molecule has 9 heteroatoms. The molecule has 0 N–H and O–H groups in total. The van der Waals surface area contributed by atoms with Crippen LogP contribution in [0.15, 0.2) is 55.9 Å². The van der Waals surface area contributed by atoms with Gasteiger partial charge in [-0.25, -0.2) is 13.2 Å². The van der Waals surface area contributed by atoms with Gasteiger partial charge in [0.25, 0.3) is 0 Å². The SMILES string of the molecule is COc1cc(OC)c2cc(S(=O)(=O)C=Cc3ccc(Cl)cc3Cl)c(=O)oc2c1. The minimum absolute atomic E-state index is 0.143. The van der Waals surface area contributed by atoms with Crippen LogP contribution in [-0.4, -0.2) is 22.6 Å². The number of methoxy groups -OCH3 is 2. The molecule has 0 saturated carbocycles. The molecular formula is C19H14Cl2O6S. The minimum atomic E-state index is -4.11. The van der Waals surface area contributed by atoms with Crippen LogP contribution >= 0.6 is 23.2 Å². The van der Waals surface area contributed by atoms with Gasteiger partial charge in [-0.15, -0.1) is 0 Å². The van der Waals surface area contributed by atoms with Crippen molar-refractivity contribution in [1.29, 1.82) is 0 Å². The van der Waals surface area contributed by atoms with Crippen LogP contribution in [-0.2, 0) is 9.84 Å². The van der Waals surface area contributed by atoms with Gasteiger partial charge in [-0.05, 0) is 29.8 Å². The Kier molecular flexibility index (Phi) is 5.69. The van der Waals surface area contributed by atoms with E-state index in [2.05, 4.69) is 0 Å². The first-order chi connectivity index (χ1) is 13.2. The van der Waals surface area contributed by atoms with E-state index in [1.165, 1.54) is 38.5 Å². The summed E-state index contributed by atoms with van der Waals surface area (Å²) < 4.78 is 40.9. The van der Waals surface area contributed by atoms with Crippen molar-refractivity contribution >= 4 is 50.1 Å². The molecule has 0 aliphatic heterocycles. The molecule has 0 aliphatic rings. The predicted octanol–water partition coefficient (Wildman–Crippen LogP) is 4.56. The highest BCUT2D eigenvalue weighted by atomic mass is 35.5. The lowest BCUT2D eigenvalue weighted by Crippen LogP contribution is -2.12. The van der Waals surface area contributed by atoms with E-state index in [1.807, 2.05) is 0 Å². The number of hydrogen-bond acceptors (Lipinski definition) is 6. The lowest BCUT2D eigenvalue weighted by atomic mass is 10.2. The van der Waals surface area contributed by atoms with Gasteiger partial charge in [0.1, 0.15) is 17.1 Å². The maximum Gasteiger partial charge on any atom is 0.355 e. The second-order valence-electron chi connectivity index (χ2n) is 5.65. The van der Waals surface area contributed by atoms with Crippen molar-refractivity contribution in [2.75, 3.05) is 14.2 Å². The molecule has 28 heavy (non-hydrogen) atoms. The van der Waals surface area contributed by atoms with Gasteiger partial charge in [-0.2, -0.15) is 0 Å². The van der Waals surface area contributed by atoms with Crippen LogP contribution < -0.4 is 15.1 Å². The fourth-order valence-electron chi connectivity index (χ4n) is 2.50. The molecule has 1 heterocycles. The average Bonchev–Trinajstić information content (AvgIpc) is 2.65. The molecule has 0 fully saturated rings. The maximum absolute atomic E-state index is 12.7. The zero-order chi connectivity index (χ0) is 20.5. The van der Waals surface area contributed by atoms with E-state index >= 15 is 0 Å². The van der Waals surface area contributed by atoms with Crippen LogP contribution in [0.2, 0.25) is 10.0 Å². The van der Waals surface area contributed by atoms with Crippen molar-refractivity contribution in [3.63, 3.8) is 0 Å². The molecule has 6 nitrogen and oxygen atoms in total. The first-order valence-electron chi connectivity index (χ1n) is 7.83. The molecule has 3 rings (SSSR count). The Labute approximate surface area is 170 Å². The Hall–Kier alpha value is -2.48. The van der Waals surface area contributed by atoms with Gasteiger partial charge in [0.2, 0.25) is 9.84 Å². The lowest BCUT2D eigenvalue weighted by molar-refractivity contribution is 0.395. The second kappa shape index (κ2) is 7.87. The summed E-state index contributed by atoms with van der Waals surface area (Å²) in [6.07, 6.45) is 1.28. The summed E-state index contributed by atoms with van der Waals surface area (Å²) in [4.78, 5) is 11.8. The fourth-order valence-corrected chi connectivity index (χ4v) is 4.00. The zero-order valence-corrected chi connectivity index (χ0v) is 17.1. The molecule has 0 radical (unpaired) electrons. The molecular weight excluding hydrogens is 427 g/mol. The lowest BCUT2D eigenvalue weighted by Gasteiger charge is -2.08. The topological polar surface area (TPSA) is 82.8 Å². The molecule has 1 aromatic heterocycles. The molecule has 0 atom stereocenters. The third-order valence-corrected chi connectivity index (χ3v) is 5.86. The normalized spacial score (nSPS) is 11.9. The fraction of sp³-hybridized carbons (Fsp3) is 0.105. The predicted molar refractivity (Wildman–Crippen MR) is 108 cm³/mol. The van der Waals surface area contributed by atoms with Crippen LogP contribution in [0.3, 0.4) is 0 Å². The van der Waals surface area contributed by atoms with Crippen molar-refractivity contribution in [2.45, 2.75) is 4.90 Å².